The molecule has 1 atom stereocenters. The van der Waals surface area contributed by atoms with Gasteiger partial charge in [-0.05, 0) is 24.8 Å². The molecule has 1 aliphatic carbocycles. The van der Waals surface area contributed by atoms with Gasteiger partial charge in [0.05, 0.1) is 0 Å². The van der Waals surface area contributed by atoms with Crippen molar-refractivity contribution in [1.82, 2.24) is 10.2 Å². The predicted molar refractivity (Wildman–Crippen MR) is 101 cm³/mol. The largest absolute Gasteiger partial charge is 0.434 e. The van der Waals surface area contributed by atoms with Gasteiger partial charge in [0, 0.05) is 37.8 Å². The Morgan fingerprint density at radius 2 is 1.64 bits per heavy atom. The van der Waals surface area contributed by atoms with E-state index < -0.39 is 6.61 Å². The molecule has 1 saturated heterocycles. The Kier molecular flexibility index (Phi) is 10.0. The lowest BCUT2D eigenvalue weighted by molar-refractivity contribution is -0.0518. The van der Waals surface area contributed by atoms with E-state index in [1.54, 1.807) is 12.1 Å². The van der Waals surface area contributed by atoms with Gasteiger partial charge in [-0.25, -0.2) is 0 Å². The summed E-state index contributed by atoms with van der Waals surface area (Å²) in [5, 5.41) is 3.38. The topological polar surface area (TPSA) is 24.5 Å². The number of alkyl halides is 2. The van der Waals surface area contributed by atoms with Crippen molar-refractivity contribution in [2.75, 3.05) is 26.2 Å². The van der Waals surface area contributed by atoms with E-state index in [-0.39, 0.29) is 30.9 Å². The maximum absolute atomic E-state index is 12.8. The average molecular weight is 397 g/mol. The zero-order chi connectivity index (χ0) is 16.1. The van der Waals surface area contributed by atoms with Crippen LogP contribution in [0.4, 0.5) is 8.78 Å². The Balaban J connectivity index is 0.00000156. The van der Waals surface area contributed by atoms with Gasteiger partial charge in [0.25, 0.3) is 0 Å². The summed E-state index contributed by atoms with van der Waals surface area (Å²) >= 11 is 0. The van der Waals surface area contributed by atoms with Crippen LogP contribution in [0.3, 0.4) is 0 Å². The van der Waals surface area contributed by atoms with Gasteiger partial charge in [-0.3, -0.25) is 4.90 Å². The molecule has 0 spiro atoms. The molecule has 3 nitrogen and oxygen atoms in total. The molecule has 25 heavy (non-hydrogen) atoms. The van der Waals surface area contributed by atoms with Crippen molar-refractivity contribution >= 4 is 24.8 Å². The van der Waals surface area contributed by atoms with Gasteiger partial charge >= 0.3 is 6.61 Å². The van der Waals surface area contributed by atoms with Crippen molar-refractivity contribution in [2.45, 2.75) is 44.8 Å². The maximum Gasteiger partial charge on any atom is 0.387 e. The molecule has 1 saturated carbocycles. The summed E-state index contributed by atoms with van der Waals surface area (Å²) in [6.07, 6.45) is 6.13. The monoisotopic (exact) mass is 396 g/mol. The van der Waals surface area contributed by atoms with Crippen molar-refractivity contribution in [3.05, 3.63) is 29.8 Å². The smallest absolute Gasteiger partial charge is 0.387 e. The molecule has 1 aromatic rings. The quantitative estimate of drug-likeness (QED) is 0.782. The number of ether oxygens (including phenoxy) is 1. The first-order chi connectivity index (χ1) is 11.3. The van der Waals surface area contributed by atoms with E-state index in [1.165, 1.54) is 32.1 Å². The fourth-order valence-electron chi connectivity index (χ4n) is 4.09. The maximum atomic E-state index is 12.8. The molecule has 3 rings (SSSR count). The summed E-state index contributed by atoms with van der Waals surface area (Å²) in [5.74, 6) is 0.876. The molecule has 2 fully saturated rings. The van der Waals surface area contributed by atoms with Crippen molar-refractivity contribution in [3.63, 3.8) is 0 Å². The van der Waals surface area contributed by atoms with E-state index in [2.05, 4.69) is 10.2 Å². The number of piperazine rings is 1. The SMILES string of the molecule is Cl.Cl.FC(F)Oc1ccccc1[C@H](C1CCCCC1)N1CCNCC1. The van der Waals surface area contributed by atoms with Gasteiger partial charge in [-0.15, -0.1) is 24.8 Å². The second kappa shape index (κ2) is 11.2. The number of benzene rings is 1. The highest BCUT2D eigenvalue weighted by Crippen LogP contribution is 2.42. The normalized spacial score (nSPS) is 20.4. The molecule has 1 aromatic carbocycles. The molecule has 0 radical (unpaired) electrons. The summed E-state index contributed by atoms with van der Waals surface area (Å²) < 4.78 is 30.4. The van der Waals surface area contributed by atoms with Crippen LogP contribution in [-0.4, -0.2) is 37.7 Å². The zero-order valence-electron chi connectivity index (χ0n) is 14.3. The van der Waals surface area contributed by atoms with Gasteiger partial charge in [0.1, 0.15) is 5.75 Å². The number of hydrogen-bond acceptors (Lipinski definition) is 3. The van der Waals surface area contributed by atoms with Gasteiger partial charge < -0.3 is 10.1 Å². The molecule has 0 aromatic heterocycles. The number of nitrogens with one attached hydrogen (secondary N) is 1. The van der Waals surface area contributed by atoms with Gasteiger partial charge in [-0.2, -0.15) is 8.78 Å². The molecule has 0 amide bonds. The highest BCUT2D eigenvalue weighted by atomic mass is 35.5. The molecule has 2 aliphatic rings. The summed E-state index contributed by atoms with van der Waals surface area (Å²) in [6, 6.07) is 7.55. The predicted octanol–water partition coefficient (Wildman–Crippen LogP) is 4.66. The van der Waals surface area contributed by atoms with Gasteiger partial charge in [-0.1, -0.05) is 37.5 Å². The van der Waals surface area contributed by atoms with E-state index in [1.807, 2.05) is 12.1 Å². The number of halogens is 4. The standard InChI is InChI=1S/C18H26F2N2O.2ClH/c19-18(20)23-16-9-5-4-8-15(16)17(14-6-2-1-3-7-14)22-12-10-21-11-13-22;;/h4-5,8-9,14,17-18,21H,1-3,6-7,10-13H2;2*1H/t17-;;/m0../s1. The Labute approximate surface area is 161 Å². The molecular weight excluding hydrogens is 369 g/mol. The van der Waals surface area contributed by atoms with E-state index >= 15 is 0 Å². The van der Waals surface area contributed by atoms with Crippen LogP contribution in [0.2, 0.25) is 0 Å². The van der Waals surface area contributed by atoms with Crippen LogP contribution in [0.5, 0.6) is 5.75 Å². The van der Waals surface area contributed by atoms with Crippen molar-refractivity contribution < 1.29 is 13.5 Å². The Morgan fingerprint density at radius 1 is 1.00 bits per heavy atom. The fourth-order valence-corrected chi connectivity index (χ4v) is 4.09. The number of para-hydroxylation sites is 1. The van der Waals surface area contributed by atoms with Gasteiger partial charge in [0.2, 0.25) is 0 Å². The second-order valence-corrected chi connectivity index (χ2v) is 6.55. The molecule has 7 heteroatoms. The molecule has 1 aliphatic heterocycles. The van der Waals surface area contributed by atoms with Crippen LogP contribution < -0.4 is 10.1 Å². The van der Waals surface area contributed by atoms with Crippen LogP contribution in [0.1, 0.15) is 43.7 Å². The number of hydrogen-bond donors (Lipinski definition) is 1. The molecule has 144 valence electrons. The fraction of sp³-hybridized carbons (Fsp3) is 0.667. The van der Waals surface area contributed by atoms with E-state index in [9.17, 15) is 8.78 Å². The zero-order valence-corrected chi connectivity index (χ0v) is 16.0. The van der Waals surface area contributed by atoms with Gasteiger partial charge in [0.15, 0.2) is 0 Å². The van der Waals surface area contributed by atoms with Crippen LogP contribution in [0, 0.1) is 5.92 Å². The van der Waals surface area contributed by atoms with E-state index in [0.717, 1.165) is 31.7 Å². The molecule has 0 bridgehead atoms. The summed E-state index contributed by atoms with van der Waals surface area (Å²) in [7, 11) is 0. The minimum atomic E-state index is -2.77. The second-order valence-electron chi connectivity index (χ2n) is 6.55. The Bertz CT molecular complexity index is 478. The highest BCUT2D eigenvalue weighted by Gasteiger charge is 2.33. The Hall–Kier alpha value is -0.620. The van der Waals surface area contributed by atoms with Crippen molar-refractivity contribution in [3.8, 4) is 5.75 Å². The van der Waals surface area contributed by atoms with Crippen LogP contribution in [0.25, 0.3) is 0 Å². The average Bonchev–Trinajstić information content (AvgIpc) is 2.58. The first-order valence-electron chi connectivity index (χ1n) is 8.74. The van der Waals surface area contributed by atoms with E-state index in [0.29, 0.717) is 11.7 Å². The lowest BCUT2D eigenvalue weighted by atomic mass is 9.80. The molecule has 1 heterocycles. The third-order valence-corrected chi connectivity index (χ3v) is 5.10. The highest BCUT2D eigenvalue weighted by molar-refractivity contribution is 5.85. The van der Waals surface area contributed by atoms with E-state index in [4.69, 9.17) is 4.74 Å². The summed E-state index contributed by atoms with van der Waals surface area (Å²) in [5.41, 5.74) is 0.932. The summed E-state index contributed by atoms with van der Waals surface area (Å²) in [6.45, 7) is 1.07. The first kappa shape index (κ1) is 22.4. The molecule has 1 N–H and O–H groups in total. The minimum Gasteiger partial charge on any atom is -0.434 e. The third kappa shape index (κ3) is 5.95. The number of rotatable bonds is 5. The molecular formula is C18H28Cl2F2N2O. The summed E-state index contributed by atoms with van der Waals surface area (Å²) in [4.78, 5) is 2.46. The van der Waals surface area contributed by atoms with Crippen molar-refractivity contribution in [1.29, 1.82) is 0 Å². The lowest BCUT2D eigenvalue weighted by Gasteiger charge is -2.41. The van der Waals surface area contributed by atoms with Crippen LogP contribution in [0.15, 0.2) is 24.3 Å². The molecule has 0 unspecified atom stereocenters. The first-order valence-corrected chi connectivity index (χ1v) is 8.74. The van der Waals surface area contributed by atoms with Crippen molar-refractivity contribution in [2.24, 2.45) is 5.92 Å². The third-order valence-electron chi connectivity index (χ3n) is 5.10. The Morgan fingerprint density at radius 3 is 2.28 bits per heavy atom. The van der Waals surface area contributed by atoms with Crippen LogP contribution >= 0.6 is 24.8 Å². The lowest BCUT2D eigenvalue weighted by Crippen LogP contribution is -2.47. The number of nitrogens with zero attached hydrogens (tertiary/aromatic N) is 1. The van der Waals surface area contributed by atoms with Crippen LogP contribution in [-0.2, 0) is 0 Å². The minimum absolute atomic E-state index is 0.